The molecule has 116 valence electrons. The van der Waals surface area contributed by atoms with Crippen LogP contribution in [0.2, 0.25) is 0 Å². The topological polar surface area (TPSA) is 41.6 Å². The SMILES string of the molecule is CC(C)COC(=O)N1CCCNC(Cc2ccccc2)C1. The average Bonchev–Trinajstić information content (AvgIpc) is 2.71. The van der Waals surface area contributed by atoms with Crippen molar-refractivity contribution >= 4 is 6.09 Å². The maximum Gasteiger partial charge on any atom is 0.409 e. The molecule has 1 heterocycles. The van der Waals surface area contributed by atoms with Crippen LogP contribution in [-0.2, 0) is 11.2 Å². The zero-order valence-electron chi connectivity index (χ0n) is 13.0. The van der Waals surface area contributed by atoms with Crippen molar-refractivity contribution in [3.63, 3.8) is 0 Å². The second-order valence-electron chi connectivity index (χ2n) is 6.11. The first-order valence-corrected chi connectivity index (χ1v) is 7.84. The van der Waals surface area contributed by atoms with Gasteiger partial charge in [-0.2, -0.15) is 0 Å². The molecule has 1 aromatic rings. The molecule has 1 saturated heterocycles. The number of carbonyl (C=O) groups excluding carboxylic acids is 1. The Morgan fingerprint density at radius 1 is 1.38 bits per heavy atom. The van der Waals surface area contributed by atoms with Crippen molar-refractivity contribution in [2.45, 2.75) is 32.7 Å². The molecule has 2 rings (SSSR count). The van der Waals surface area contributed by atoms with Gasteiger partial charge in [0.1, 0.15) is 0 Å². The van der Waals surface area contributed by atoms with E-state index in [1.165, 1.54) is 5.56 Å². The lowest BCUT2D eigenvalue weighted by Crippen LogP contribution is -2.42. The highest BCUT2D eigenvalue weighted by molar-refractivity contribution is 5.67. The van der Waals surface area contributed by atoms with Gasteiger partial charge >= 0.3 is 6.09 Å². The molecule has 4 nitrogen and oxygen atoms in total. The fraction of sp³-hybridized carbons (Fsp3) is 0.588. The molecule has 0 aromatic heterocycles. The second-order valence-corrected chi connectivity index (χ2v) is 6.11. The van der Waals surface area contributed by atoms with E-state index in [2.05, 4.69) is 43.4 Å². The number of benzene rings is 1. The molecule has 0 bridgehead atoms. The van der Waals surface area contributed by atoms with Gasteiger partial charge in [-0.3, -0.25) is 0 Å². The molecular weight excluding hydrogens is 264 g/mol. The van der Waals surface area contributed by atoms with Crippen LogP contribution in [0.25, 0.3) is 0 Å². The number of amides is 1. The van der Waals surface area contributed by atoms with Gasteiger partial charge in [-0.1, -0.05) is 44.2 Å². The summed E-state index contributed by atoms with van der Waals surface area (Å²) in [5, 5.41) is 3.53. The third-order valence-corrected chi connectivity index (χ3v) is 3.60. The van der Waals surface area contributed by atoms with Crippen LogP contribution in [0.1, 0.15) is 25.8 Å². The van der Waals surface area contributed by atoms with Crippen LogP contribution >= 0.6 is 0 Å². The maximum absolute atomic E-state index is 12.1. The maximum atomic E-state index is 12.1. The fourth-order valence-electron chi connectivity index (χ4n) is 2.53. The van der Waals surface area contributed by atoms with Gasteiger partial charge in [0.2, 0.25) is 0 Å². The third kappa shape index (κ3) is 5.38. The highest BCUT2D eigenvalue weighted by Gasteiger charge is 2.22. The first-order valence-electron chi connectivity index (χ1n) is 7.84. The molecule has 0 saturated carbocycles. The predicted octanol–water partition coefficient (Wildman–Crippen LogP) is 2.69. The van der Waals surface area contributed by atoms with Gasteiger partial charge in [-0.25, -0.2) is 4.79 Å². The van der Waals surface area contributed by atoms with E-state index < -0.39 is 0 Å². The Hall–Kier alpha value is -1.55. The van der Waals surface area contributed by atoms with E-state index in [1.807, 2.05) is 11.0 Å². The van der Waals surface area contributed by atoms with Crippen LogP contribution in [-0.4, -0.2) is 43.3 Å². The Morgan fingerprint density at radius 2 is 2.14 bits per heavy atom. The number of ether oxygens (including phenoxy) is 1. The third-order valence-electron chi connectivity index (χ3n) is 3.60. The average molecular weight is 290 g/mol. The summed E-state index contributed by atoms with van der Waals surface area (Å²) < 4.78 is 5.36. The summed E-state index contributed by atoms with van der Waals surface area (Å²) in [6, 6.07) is 10.7. The van der Waals surface area contributed by atoms with Crippen LogP contribution < -0.4 is 5.32 Å². The van der Waals surface area contributed by atoms with Crippen molar-refractivity contribution in [3.8, 4) is 0 Å². The Labute approximate surface area is 127 Å². The zero-order chi connectivity index (χ0) is 15.1. The van der Waals surface area contributed by atoms with Crippen LogP contribution in [0.15, 0.2) is 30.3 Å². The molecule has 1 aromatic carbocycles. The minimum Gasteiger partial charge on any atom is -0.449 e. The summed E-state index contributed by atoms with van der Waals surface area (Å²) in [4.78, 5) is 14.0. The van der Waals surface area contributed by atoms with Crippen LogP contribution in [0.5, 0.6) is 0 Å². The summed E-state index contributed by atoms with van der Waals surface area (Å²) in [7, 11) is 0. The molecule has 0 spiro atoms. The van der Waals surface area contributed by atoms with Gasteiger partial charge in [0.15, 0.2) is 0 Å². The Morgan fingerprint density at radius 3 is 2.86 bits per heavy atom. The molecule has 1 fully saturated rings. The number of rotatable bonds is 4. The number of hydrogen-bond donors (Lipinski definition) is 1. The van der Waals surface area contributed by atoms with Gasteiger partial charge in [-0.15, -0.1) is 0 Å². The van der Waals surface area contributed by atoms with Gasteiger partial charge in [0, 0.05) is 19.1 Å². The molecule has 21 heavy (non-hydrogen) atoms. The summed E-state index contributed by atoms with van der Waals surface area (Å²) in [5.74, 6) is 0.374. The molecule has 1 aliphatic rings. The van der Waals surface area contributed by atoms with Gasteiger partial charge in [0.25, 0.3) is 0 Å². The number of nitrogens with one attached hydrogen (secondary N) is 1. The number of hydrogen-bond acceptors (Lipinski definition) is 3. The number of carbonyl (C=O) groups is 1. The Kier molecular flexibility index (Phi) is 6.05. The summed E-state index contributed by atoms with van der Waals surface area (Å²) in [6.07, 6.45) is 1.74. The Balaban J connectivity index is 1.90. The monoisotopic (exact) mass is 290 g/mol. The standard InChI is InChI=1S/C17H26N2O2/c1-14(2)13-21-17(20)19-10-6-9-18-16(12-19)11-15-7-4-3-5-8-15/h3-5,7-8,14,16,18H,6,9-13H2,1-2H3. The van der Waals surface area contributed by atoms with Crippen LogP contribution in [0, 0.1) is 5.92 Å². The van der Waals surface area contributed by atoms with Gasteiger partial charge in [0.05, 0.1) is 6.61 Å². The number of nitrogens with zero attached hydrogens (tertiary/aromatic N) is 1. The molecule has 4 heteroatoms. The van der Waals surface area contributed by atoms with Gasteiger partial charge in [-0.05, 0) is 30.9 Å². The molecule has 1 unspecified atom stereocenters. The molecule has 1 amide bonds. The molecular formula is C17H26N2O2. The van der Waals surface area contributed by atoms with Crippen molar-refractivity contribution in [2.75, 3.05) is 26.2 Å². The van der Waals surface area contributed by atoms with E-state index in [0.29, 0.717) is 25.1 Å². The molecule has 1 atom stereocenters. The summed E-state index contributed by atoms with van der Waals surface area (Å²) in [6.45, 7) is 7.03. The molecule has 1 N–H and O–H groups in total. The van der Waals surface area contributed by atoms with E-state index in [0.717, 1.165) is 25.9 Å². The lowest BCUT2D eigenvalue weighted by molar-refractivity contribution is 0.0914. The molecule has 0 aliphatic carbocycles. The predicted molar refractivity (Wildman–Crippen MR) is 84.3 cm³/mol. The summed E-state index contributed by atoms with van der Waals surface area (Å²) in [5.41, 5.74) is 1.30. The van der Waals surface area contributed by atoms with Crippen molar-refractivity contribution < 1.29 is 9.53 Å². The van der Waals surface area contributed by atoms with E-state index in [-0.39, 0.29) is 6.09 Å². The highest BCUT2D eigenvalue weighted by Crippen LogP contribution is 2.09. The quantitative estimate of drug-likeness (QED) is 0.927. The largest absolute Gasteiger partial charge is 0.449 e. The normalized spacial score (nSPS) is 19.4. The zero-order valence-corrected chi connectivity index (χ0v) is 13.0. The first kappa shape index (κ1) is 15.8. The van der Waals surface area contributed by atoms with E-state index >= 15 is 0 Å². The lowest BCUT2D eigenvalue weighted by Gasteiger charge is -2.24. The lowest BCUT2D eigenvalue weighted by atomic mass is 10.1. The second kappa shape index (κ2) is 8.03. The summed E-state index contributed by atoms with van der Waals surface area (Å²) >= 11 is 0. The van der Waals surface area contributed by atoms with Crippen LogP contribution in [0.3, 0.4) is 0 Å². The molecule has 1 aliphatic heterocycles. The van der Waals surface area contributed by atoms with Crippen LogP contribution in [0.4, 0.5) is 4.79 Å². The Bertz CT molecular complexity index is 434. The van der Waals surface area contributed by atoms with Crippen molar-refractivity contribution in [1.82, 2.24) is 10.2 Å². The van der Waals surface area contributed by atoms with E-state index in [1.54, 1.807) is 0 Å². The minimum absolute atomic E-state index is 0.175. The fourth-order valence-corrected chi connectivity index (χ4v) is 2.53. The van der Waals surface area contributed by atoms with Crippen molar-refractivity contribution in [2.24, 2.45) is 5.92 Å². The molecule has 0 radical (unpaired) electrons. The van der Waals surface area contributed by atoms with Gasteiger partial charge < -0.3 is 15.0 Å². The van der Waals surface area contributed by atoms with Crippen molar-refractivity contribution in [3.05, 3.63) is 35.9 Å². The minimum atomic E-state index is -0.175. The van der Waals surface area contributed by atoms with E-state index in [4.69, 9.17) is 4.74 Å². The van der Waals surface area contributed by atoms with E-state index in [9.17, 15) is 4.79 Å². The van der Waals surface area contributed by atoms with Crippen molar-refractivity contribution in [1.29, 1.82) is 0 Å². The first-order chi connectivity index (χ1) is 10.1. The smallest absolute Gasteiger partial charge is 0.409 e. The highest BCUT2D eigenvalue weighted by atomic mass is 16.6.